The third-order valence-corrected chi connectivity index (χ3v) is 5.57. The fraction of sp³-hybridized carbons (Fsp3) is 0.200. The lowest BCUT2D eigenvalue weighted by molar-refractivity contribution is -0.121. The Kier molecular flexibility index (Phi) is 7.28. The molecule has 3 rings (SSSR count). The summed E-state index contributed by atoms with van der Waals surface area (Å²) in [6.45, 7) is 3.39. The molecule has 32 heavy (non-hydrogen) atoms. The molecule has 10 nitrogen and oxygen atoms in total. The molecule has 0 bridgehead atoms. The normalized spacial score (nSPS) is 11.7. The van der Waals surface area contributed by atoms with E-state index in [0.29, 0.717) is 17.2 Å². The lowest BCUT2D eigenvalue weighted by Gasteiger charge is -2.13. The molecular formula is C20H22FN7O3S. The first-order chi connectivity index (χ1) is 15.3. The van der Waals surface area contributed by atoms with Crippen molar-refractivity contribution in [2.45, 2.75) is 31.8 Å². The standard InChI is InChI=1S/C20H22FN7O3S/c1-12-9-24-19(26-27-32(31)16-6-4-3-5-15(16)21)20(30)28(12)11-18(29)23-10-14-7-8-17(22)25-13(14)2/h3-9,27H,10-11H2,1-2H3,(H2,22,25)(H,23,29)(H,24,26). The van der Waals surface area contributed by atoms with Crippen LogP contribution in [0.4, 0.5) is 16.0 Å². The van der Waals surface area contributed by atoms with E-state index >= 15 is 0 Å². The third kappa shape index (κ3) is 5.53. The summed E-state index contributed by atoms with van der Waals surface area (Å²) >= 11 is 0. The van der Waals surface area contributed by atoms with Gasteiger partial charge < -0.3 is 11.1 Å². The number of pyridine rings is 1. The maximum absolute atomic E-state index is 13.7. The Balaban J connectivity index is 1.66. The smallest absolute Gasteiger partial charge is 0.295 e. The number of carbonyl (C=O) groups is 1. The van der Waals surface area contributed by atoms with Gasteiger partial charge in [-0.25, -0.2) is 18.6 Å². The highest BCUT2D eigenvalue weighted by molar-refractivity contribution is 7.83. The molecule has 3 aromatic rings. The van der Waals surface area contributed by atoms with Crippen LogP contribution in [-0.4, -0.2) is 24.7 Å². The van der Waals surface area contributed by atoms with Gasteiger partial charge in [0, 0.05) is 24.1 Å². The van der Waals surface area contributed by atoms with Crippen molar-refractivity contribution in [1.82, 2.24) is 24.7 Å². The van der Waals surface area contributed by atoms with Crippen LogP contribution in [0.1, 0.15) is 17.0 Å². The van der Waals surface area contributed by atoms with Gasteiger partial charge >= 0.3 is 0 Å². The molecule has 168 valence electrons. The molecule has 0 saturated heterocycles. The number of nitrogens with zero attached hydrogens (tertiary/aromatic N) is 3. The minimum absolute atomic E-state index is 0.0840. The number of halogens is 1. The number of hydrogen-bond donors (Lipinski definition) is 4. The Morgan fingerprint density at radius 1 is 1.22 bits per heavy atom. The van der Waals surface area contributed by atoms with Crippen LogP contribution in [0, 0.1) is 19.7 Å². The van der Waals surface area contributed by atoms with E-state index in [1.54, 1.807) is 26.0 Å². The second kappa shape index (κ2) is 10.1. The molecule has 0 spiro atoms. The Bertz CT molecular complexity index is 1230. The molecule has 5 N–H and O–H groups in total. The largest absolute Gasteiger partial charge is 0.384 e. The second-order valence-corrected chi connectivity index (χ2v) is 8.00. The first-order valence-corrected chi connectivity index (χ1v) is 10.6. The first kappa shape index (κ1) is 23.0. The Labute approximate surface area is 185 Å². The summed E-state index contributed by atoms with van der Waals surface area (Å²) in [6.07, 6.45) is 1.39. The van der Waals surface area contributed by atoms with Crippen molar-refractivity contribution in [3.05, 3.63) is 75.7 Å². The van der Waals surface area contributed by atoms with Gasteiger partial charge in [0.25, 0.3) is 5.56 Å². The summed E-state index contributed by atoms with van der Waals surface area (Å²) in [5.41, 5.74) is 9.41. The number of aryl methyl sites for hydroxylation is 2. The number of anilines is 2. The lowest BCUT2D eigenvalue weighted by atomic mass is 10.2. The highest BCUT2D eigenvalue weighted by Crippen LogP contribution is 2.10. The lowest BCUT2D eigenvalue weighted by Crippen LogP contribution is -2.36. The van der Waals surface area contributed by atoms with Crippen LogP contribution in [0.5, 0.6) is 0 Å². The van der Waals surface area contributed by atoms with Gasteiger partial charge in [0.1, 0.15) is 29.2 Å². The highest BCUT2D eigenvalue weighted by Gasteiger charge is 2.14. The predicted octanol–water partition coefficient (Wildman–Crippen LogP) is 0.932. The average molecular weight is 460 g/mol. The van der Waals surface area contributed by atoms with E-state index in [2.05, 4.69) is 25.5 Å². The van der Waals surface area contributed by atoms with Crippen LogP contribution in [0.2, 0.25) is 0 Å². The maximum Gasteiger partial charge on any atom is 0.295 e. The molecule has 1 aromatic carbocycles. The summed E-state index contributed by atoms with van der Waals surface area (Å²) in [4.78, 5) is 35.5. The van der Waals surface area contributed by atoms with Crippen molar-refractivity contribution in [3.63, 3.8) is 0 Å². The molecule has 2 aromatic heterocycles. The zero-order valence-electron chi connectivity index (χ0n) is 17.4. The van der Waals surface area contributed by atoms with Gasteiger partial charge in [0.15, 0.2) is 0 Å². The SMILES string of the molecule is Cc1nc(N)ccc1CNC(=O)Cn1c(C)cnc(NNS(=O)c2ccccc2F)c1=O. The Morgan fingerprint density at radius 3 is 2.69 bits per heavy atom. The summed E-state index contributed by atoms with van der Waals surface area (Å²) in [5, 5.41) is 2.73. The molecule has 0 aliphatic heterocycles. The van der Waals surface area contributed by atoms with Crippen LogP contribution in [-0.2, 0) is 28.9 Å². The van der Waals surface area contributed by atoms with Gasteiger partial charge in [-0.2, -0.15) is 0 Å². The summed E-state index contributed by atoms with van der Waals surface area (Å²) < 4.78 is 27.2. The number of hydrazine groups is 1. The van der Waals surface area contributed by atoms with Crippen LogP contribution in [0.25, 0.3) is 0 Å². The average Bonchev–Trinajstić information content (AvgIpc) is 2.75. The van der Waals surface area contributed by atoms with E-state index in [9.17, 15) is 18.2 Å². The van der Waals surface area contributed by atoms with Crippen molar-refractivity contribution < 1.29 is 13.4 Å². The second-order valence-electron chi connectivity index (χ2n) is 6.82. The Morgan fingerprint density at radius 2 is 1.97 bits per heavy atom. The van der Waals surface area contributed by atoms with E-state index < -0.39 is 28.3 Å². The third-order valence-electron chi connectivity index (χ3n) is 4.55. The van der Waals surface area contributed by atoms with Crippen molar-refractivity contribution in [2.75, 3.05) is 11.2 Å². The number of nitrogens with one attached hydrogen (secondary N) is 3. The number of benzene rings is 1. The quantitative estimate of drug-likeness (QED) is 0.367. The van der Waals surface area contributed by atoms with Crippen LogP contribution >= 0.6 is 0 Å². The van der Waals surface area contributed by atoms with Crippen molar-refractivity contribution in [1.29, 1.82) is 0 Å². The van der Waals surface area contributed by atoms with Gasteiger partial charge in [-0.1, -0.05) is 18.2 Å². The molecule has 0 fully saturated rings. The summed E-state index contributed by atoms with van der Waals surface area (Å²) in [5.74, 6) is -0.850. The van der Waals surface area contributed by atoms with Gasteiger partial charge in [0.05, 0.1) is 4.90 Å². The number of aromatic nitrogens is 3. The minimum atomic E-state index is -1.97. The minimum Gasteiger partial charge on any atom is -0.384 e. The number of carbonyl (C=O) groups excluding carboxylic acids is 1. The number of nitrogens with two attached hydrogens (primary N) is 1. The predicted molar refractivity (Wildman–Crippen MR) is 118 cm³/mol. The molecule has 1 atom stereocenters. The molecule has 12 heteroatoms. The fourth-order valence-electron chi connectivity index (χ4n) is 2.79. The maximum atomic E-state index is 13.7. The van der Waals surface area contributed by atoms with Gasteiger partial charge in [-0.05, 0) is 37.6 Å². The summed E-state index contributed by atoms with van der Waals surface area (Å²) in [7, 11) is -1.97. The van der Waals surface area contributed by atoms with E-state index in [1.807, 2.05) is 0 Å². The molecule has 2 heterocycles. The van der Waals surface area contributed by atoms with Crippen LogP contribution in [0.3, 0.4) is 0 Å². The molecule has 1 unspecified atom stereocenters. The molecule has 0 aliphatic carbocycles. The monoisotopic (exact) mass is 459 g/mol. The fourth-order valence-corrected chi connectivity index (χ4v) is 3.53. The van der Waals surface area contributed by atoms with Gasteiger partial charge in [-0.3, -0.25) is 19.6 Å². The molecule has 1 amide bonds. The summed E-state index contributed by atoms with van der Waals surface area (Å²) in [6, 6.07) is 8.94. The Hall–Kier alpha value is -3.64. The topological polar surface area (TPSA) is 144 Å². The van der Waals surface area contributed by atoms with Crippen molar-refractivity contribution >= 4 is 28.5 Å². The number of rotatable bonds is 8. The number of amides is 1. The van der Waals surface area contributed by atoms with Gasteiger partial charge in [0.2, 0.25) is 11.7 Å². The van der Waals surface area contributed by atoms with E-state index in [1.165, 1.54) is 35.0 Å². The molecule has 0 saturated carbocycles. The van der Waals surface area contributed by atoms with Gasteiger partial charge in [-0.15, -0.1) is 4.83 Å². The molecule has 0 aliphatic rings. The van der Waals surface area contributed by atoms with Crippen LogP contribution < -0.4 is 26.9 Å². The van der Waals surface area contributed by atoms with E-state index in [-0.39, 0.29) is 23.8 Å². The first-order valence-electron chi connectivity index (χ1n) is 9.49. The molecular weight excluding hydrogens is 437 g/mol. The van der Waals surface area contributed by atoms with Crippen molar-refractivity contribution in [3.8, 4) is 0 Å². The molecule has 0 radical (unpaired) electrons. The van der Waals surface area contributed by atoms with Crippen LogP contribution in [0.15, 0.2) is 52.3 Å². The van der Waals surface area contributed by atoms with E-state index in [0.717, 1.165) is 5.56 Å². The zero-order valence-corrected chi connectivity index (χ0v) is 18.2. The number of nitrogen functional groups attached to an aromatic ring is 1. The highest BCUT2D eigenvalue weighted by atomic mass is 32.2. The zero-order chi connectivity index (χ0) is 23.3. The van der Waals surface area contributed by atoms with E-state index in [4.69, 9.17) is 5.73 Å². The number of hydrogen-bond acceptors (Lipinski definition) is 7. The van der Waals surface area contributed by atoms with Crippen molar-refractivity contribution in [2.24, 2.45) is 0 Å².